The molecule has 0 N–H and O–H groups in total. The van der Waals surface area contributed by atoms with Crippen molar-refractivity contribution in [2.24, 2.45) is 0 Å². The maximum absolute atomic E-state index is 13.3. The number of carbonyl (C=O) groups is 1. The lowest BCUT2D eigenvalue weighted by Gasteiger charge is -2.36. The molecule has 0 radical (unpaired) electrons. The first kappa shape index (κ1) is 18.8. The van der Waals surface area contributed by atoms with Gasteiger partial charge in [0.15, 0.2) is 0 Å². The van der Waals surface area contributed by atoms with Crippen molar-refractivity contribution >= 4 is 33.0 Å². The molecule has 4 rings (SSSR count). The predicted molar refractivity (Wildman–Crippen MR) is 108 cm³/mol. The van der Waals surface area contributed by atoms with Crippen molar-refractivity contribution in [3.05, 3.63) is 48.5 Å². The molecule has 0 aromatic heterocycles. The zero-order valence-corrected chi connectivity index (χ0v) is 16.7. The second-order valence-corrected chi connectivity index (χ2v) is 8.85. The minimum absolute atomic E-state index is 0.0916. The lowest BCUT2D eigenvalue weighted by atomic mass is 10.2. The quantitative estimate of drug-likeness (QED) is 0.785. The number of carbonyl (C=O) groups excluding carboxylic acids is 1. The van der Waals surface area contributed by atoms with Gasteiger partial charge in [-0.2, -0.15) is 0 Å². The number of para-hydroxylation sites is 2. The first-order valence-corrected chi connectivity index (χ1v) is 10.6. The minimum Gasteiger partial charge on any atom is -0.372 e. The Bertz CT molecular complexity index is 991. The molecule has 2 aromatic carbocycles. The highest BCUT2D eigenvalue weighted by Crippen LogP contribution is 2.36. The van der Waals surface area contributed by atoms with E-state index < -0.39 is 16.1 Å². The maximum atomic E-state index is 13.3. The topological polar surface area (TPSA) is 70.2 Å². The Morgan fingerprint density at radius 1 is 0.964 bits per heavy atom. The van der Waals surface area contributed by atoms with E-state index in [1.54, 1.807) is 29.2 Å². The molecule has 1 unspecified atom stereocenters. The SMILES string of the molecule is COC1CCN(c2ccc(S(=O)(=O)N3CCN(C)c4ccccc43)cc2)C1=O. The zero-order valence-electron chi connectivity index (χ0n) is 15.9. The molecule has 0 aliphatic carbocycles. The number of likely N-dealkylation sites (N-methyl/N-ethyl adjacent to an activating group) is 1. The summed E-state index contributed by atoms with van der Waals surface area (Å²) in [4.78, 5) is 16.2. The van der Waals surface area contributed by atoms with Crippen LogP contribution >= 0.6 is 0 Å². The molecular weight excluding hydrogens is 378 g/mol. The van der Waals surface area contributed by atoms with Gasteiger partial charge >= 0.3 is 0 Å². The van der Waals surface area contributed by atoms with E-state index in [0.717, 1.165) is 5.69 Å². The standard InChI is InChI=1S/C20H23N3O4S/c1-21-13-14-23(18-6-4-3-5-17(18)21)28(25,26)16-9-7-15(8-10-16)22-12-11-19(27-2)20(22)24/h3-10,19H,11-14H2,1-2H3. The van der Waals surface area contributed by atoms with Crippen LogP contribution in [0.3, 0.4) is 0 Å². The maximum Gasteiger partial charge on any atom is 0.264 e. The van der Waals surface area contributed by atoms with Crippen LogP contribution in [0, 0.1) is 0 Å². The van der Waals surface area contributed by atoms with Gasteiger partial charge in [-0.1, -0.05) is 12.1 Å². The Labute approximate surface area is 165 Å². The fraction of sp³-hybridized carbons (Fsp3) is 0.350. The molecular formula is C20H23N3O4S. The van der Waals surface area contributed by atoms with Gasteiger partial charge in [0, 0.05) is 39.4 Å². The molecule has 1 saturated heterocycles. The lowest BCUT2D eigenvalue weighted by Crippen LogP contribution is -2.42. The van der Waals surface area contributed by atoms with Gasteiger partial charge in [-0.3, -0.25) is 9.10 Å². The molecule has 148 valence electrons. The molecule has 0 saturated carbocycles. The summed E-state index contributed by atoms with van der Waals surface area (Å²) in [5, 5.41) is 0. The van der Waals surface area contributed by atoms with Crippen LogP contribution in [0.2, 0.25) is 0 Å². The largest absolute Gasteiger partial charge is 0.372 e. The van der Waals surface area contributed by atoms with E-state index >= 15 is 0 Å². The highest BCUT2D eigenvalue weighted by Gasteiger charge is 2.34. The van der Waals surface area contributed by atoms with Crippen LogP contribution in [0.4, 0.5) is 17.1 Å². The van der Waals surface area contributed by atoms with Gasteiger partial charge in [-0.25, -0.2) is 8.42 Å². The third-order valence-corrected chi connectivity index (χ3v) is 7.20. The summed E-state index contributed by atoms with van der Waals surface area (Å²) in [6, 6.07) is 14.0. The number of benzene rings is 2. The first-order valence-electron chi connectivity index (χ1n) is 9.20. The van der Waals surface area contributed by atoms with Crippen LogP contribution in [0.15, 0.2) is 53.4 Å². The van der Waals surface area contributed by atoms with E-state index in [-0.39, 0.29) is 10.8 Å². The number of hydrogen-bond acceptors (Lipinski definition) is 5. The number of fused-ring (bicyclic) bond motifs is 1. The number of hydrogen-bond donors (Lipinski definition) is 0. The van der Waals surface area contributed by atoms with E-state index in [1.165, 1.54) is 11.4 Å². The molecule has 0 bridgehead atoms. The molecule has 0 spiro atoms. The van der Waals surface area contributed by atoms with Gasteiger partial charge in [-0.05, 0) is 36.4 Å². The Kier molecular flexibility index (Phi) is 4.76. The lowest BCUT2D eigenvalue weighted by molar-refractivity contribution is -0.125. The van der Waals surface area contributed by atoms with E-state index in [2.05, 4.69) is 4.90 Å². The summed E-state index contributed by atoms with van der Waals surface area (Å²) < 4.78 is 33.2. The normalized spacial score (nSPS) is 19.9. The number of anilines is 3. The van der Waals surface area contributed by atoms with Gasteiger partial charge in [0.1, 0.15) is 6.10 Å². The monoisotopic (exact) mass is 401 g/mol. The van der Waals surface area contributed by atoms with Crippen LogP contribution in [0.25, 0.3) is 0 Å². The predicted octanol–water partition coefficient (Wildman–Crippen LogP) is 2.08. The number of rotatable bonds is 4. The first-order chi connectivity index (χ1) is 13.4. The third kappa shape index (κ3) is 3.02. The summed E-state index contributed by atoms with van der Waals surface area (Å²) in [6.07, 6.45) is 0.207. The Hall–Kier alpha value is -2.58. The summed E-state index contributed by atoms with van der Waals surface area (Å²) in [5.74, 6) is -0.0916. The molecule has 8 heteroatoms. The summed E-state index contributed by atoms with van der Waals surface area (Å²) >= 11 is 0. The van der Waals surface area contributed by atoms with Gasteiger partial charge in [0.25, 0.3) is 15.9 Å². The fourth-order valence-corrected chi connectivity index (χ4v) is 5.25. The van der Waals surface area contributed by atoms with Crippen LogP contribution in [0.1, 0.15) is 6.42 Å². The van der Waals surface area contributed by atoms with Gasteiger partial charge in [0.2, 0.25) is 0 Å². The van der Waals surface area contributed by atoms with Gasteiger partial charge in [0.05, 0.1) is 22.8 Å². The molecule has 1 amide bonds. The molecule has 7 nitrogen and oxygen atoms in total. The number of nitrogens with zero attached hydrogens (tertiary/aromatic N) is 3. The van der Waals surface area contributed by atoms with Crippen LogP contribution in [0.5, 0.6) is 0 Å². The van der Waals surface area contributed by atoms with Gasteiger partial charge in [-0.15, -0.1) is 0 Å². The Morgan fingerprint density at radius 3 is 2.29 bits per heavy atom. The second-order valence-electron chi connectivity index (χ2n) is 6.98. The molecule has 28 heavy (non-hydrogen) atoms. The highest BCUT2D eigenvalue weighted by molar-refractivity contribution is 7.92. The highest BCUT2D eigenvalue weighted by atomic mass is 32.2. The van der Waals surface area contributed by atoms with E-state index in [4.69, 9.17) is 4.74 Å². The zero-order chi connectivity index (χ0) is 19.9. The van der Waals surface area contributed by atoms with Crippen molar-refractivity contribution in [1.82, 2.24) is 0 Å². The minimum atomic E-state index is -3.69. The molecule has 2 aliphatic rings. The van der Waals surface area contributed by atoms with Crippen molar-refractivity contribution in [2.45, 2.75) is 17.4 Å². The van der Waals surface area contributed by atoms with E-state index in [0.29, 0.717) is 37.4 Å². The van der Waals surface area contributed by atoms with Crippen LogP contribution in [-0.4, -0.2) is 54.2 Å². The van der Waals surface area contributed by atoms with Crippen molar-refractivity contribution in [1.29, 1.82) is 0 Å². The summed E-state index contributed by atoms with van der Waals surface area (Å²) in [7, 11) is -0.210. The van der Waals surface area contributed by atoms with Gasteiger partial charge < -0.3 is 14.5 Å². The number of amides is 1. The average Bonchev–Trinajstić information content (AvgIpc) is 3.09. The Morgan fingerprint density at radius 2 is 1.64 bits per heavy atom. The van der Waals surface area contributed by atoms with E-state index in [1.807, 2.05) is 31.3 Å². The van der Waals surface area contributed by atoms with Crippen molar-refractivity contribution < 1.29 is 17.9 Å². The number of methoxy groups -OCH3 is 1. The van der Waals surface area contributed by atoms with Crippen molar-refractivity contribution in [2.75, 3.05) is 47.9 Å². The van der Waals surface area contributed by atoms with Crippen molar-refractivity contribution in [3.63, 3.8) is 0 Å². The molecule has 1 fully saturated rings. The number of sulfonamides is 1. The average molecular weight is 401 g/mol. The molecule has 2 aromatic rings. The van der Waals surface area contributed by atoms with Crippen LogP contribution < -0.4 is 14.1 Å². The van der Waals surface area contributed by atoms with Crippen LogP contribution in [-0.2, 0) is 19.6 Å². The molecule has 2 aliphatic heterocycles. The summed E-state index contributed by atoms with van der Waals surface area (Å²) in [6.45, 7) is 1.57. The Balaban J connectivity index is 1.63. The fourth-order valence-electron chi connectivity index (χ4n) is 3.78. The second kappa shape index (κ2) is 7.10. The van der Waals surface area contributed by atoms with E-state index in [9.17, 15) is 13.2 Å². The third-order valence-electron chi connectivity index (χ3n) is 5.38. The molecule has 1 atom stereocenters. The molecule has 2 heterocycles. The van der Waals surface area contributed by atoms with Crippen molar-refractivity contribution in [3.8, 4) is 0 Å². The smallest absolute Gasteiger partial charge is 0.264 e. The number of ether oxygens (including phenoxy) is 1. The summed E-state index contributed by atoms with van der Waals surface area (Å²) in [5.41, 5.74) is 2.25.